The maximum absolute atomic E-state index is 12.9. The van der Waals surface area contributed by atoms with Gasteiger partial charge >= 0.3 is 5.97 Å². The summed E-state index contributed by atoms with van der Waals surface area (Å²) in [7, 11) is 0. The Morgan fingerprint density at radius 3 is 2.00 bits per heavy atom. The number of nitrogens with one attached hydrogen (secondary N) is 1. The summed E-state index contributed by atoms with van der Waals surface area (Å²) >= 11 is 0. The monoisotopic (exact) mass is 382 g/mol. The summed E-state index contributed by atoms with van der Waals surface area (Å²) < 4.78 is 0. The minimum absolute atomic E-state index is 0.0635. The van der Waals surface area contributed by atoms with E-state index in [1.165, 1.54) is 32.1 Å². The molecule has 2 N–H and O–H groups in total. The molecule has 6 rings (SSSR count). The van der Waals surface area contributed by atoms with Crippen molar-refractivity contribution in [3.8, 4) is 0 Å². The van der Waals surface area contributed by atoms with Crippen molar-refractivity contribution in [2.45, 2.75) is 51.0 Å². The largest absolute Gasteiger partial charge is 0.481 e. The van der Waals surface area contributed by atoms with E-state index in [1.807, 2.05) is 24.3 Å². The number of amides is 1. The number of aliphatic carboxylic acids is 1. The maximum atomic E-state index is 12.9. The molecule has 1 aromatic carbocycles. The normalized spacial score (nSPS) is 34.4. The Balaban J connectivity index is 1.20. The van der Waals surface area contributed by atoms with Gasteiger partial charge in [0.25, 0.3) is 5.91 Å². The fourth-order valence-corrected chi connectivity index (χ4v) is 6.60. The molecule has 5 fully saturated rings. The maximum Gasteiger partial charge on any atom is 0.306 e. The number of rotatable bonds is 4. The van der Waals surface area contributed by atoms with Crippen LogP contribution >= 0.6 is 0 Å². The van der Waals surface area contributed by atoms with Gasteiger partial charge in [-0.15, -0.1) is 0 Å². The van der Waals surface area contributed by atoms with Gasteiger partial charge in [0.2, 0.25) is 0 Å². The van der Waals surface area contributed by atoms with Crippen LogP contribution in [0.3, 0.4) is 0 Å². The van der Waals surface area contributed by atoms with Gasteiger partial charge in [-0.1, -0.05) is 0 Å². The molecule has 28 heavy (non-hydrogen) atoms. The van der Waals surface area contributed by atoms with E-state index in [4.69, 9.17) is 5.11 Å². The number of carboxylic acids is 1. The number of carbonyl (C=O) groups is 2. The second kappa shape index (κ2) is 7.09. The average molecular weight is 383 g/mol. The Labute approximate surface area is 166 Å². The smallest absolute Gasteiger partial charge is 0.306 e. The SMILES string of the molecule is O=C(NC1C2CC3CC(C2)CC1C3)c1ccc(N2CCC(C(=O)O)CC2)cc1. The van der Waals surface area contributed by atoms with Gasteiger partial charge in [0.1, 0.15) is 0 Å². The molecule has 0 atom stereocenters. The van der Waals surface area contributed by atoms with Crippen LogP contribution in [0, 0.1) is 29.6 Å². The summed E-state index contributed by atoms with van der Waals surface area (Å²) in [5.41, 5.74) is 1.81. The topological polar surface area (TPSA) is 69.6 Å². The molecule has 1 saturated heterocycles. The van der Waals surface area contributed by atoms with E-state index >= 15 is 0 Å². The Morgan fingerprint density at radius 2 is 1.46 bits per heavy atom. The van der Waals surface area contributed by atoms with E-state index in [2.05, 4.69) is 10.2 Å². The zero-order chi connectivity index (χ0) is 19.3. The van der Waals surface area contributed by atoms with Crippen LogP contribution in [0.25, 0.3) is 0 Å². The number of piperidine rings is 1. The van der Waals surface area contributed by atoms with Gasteiger partial charge in [-0.3, -0.25) is 9.59 Å². The second-order valence-electron chi connectivity index (χ2n) is 9.58. The summed E-state index contributed by atoms with van der Waals surface area (Å²) in [6.45, 7) is 1.52. The van der Waals surface area contributed by atoms with Crippen LogP contribution < -0.4 is 10.2 Å². The summed E-state index contributed by atoms with van der Waals surface area (Å²) in [6.07, 6.45) is 8.03. The molecule has 4 bridgehead atoms. The van der Waals surface area contributed by atoms with Gasteiger partial charge in [-0.05, 0) is 92.9 Å². The van der Waals surface area contributed by atoms with E-state index in [0.717, 1.165) is 36.2 Å². The highest BCUT2D eigenvalue weighted by atomic mass is 16.4. The molecule has 0 radical (unpaired) electrons. The Hall–Kier alpha value is -2.04. The highest BCUT2D eigenvalue weighted by Crippen LogP contribution is 2.53. The van der Waals surface area contributed by atoms with E-state index in [-0.39, 0.29) is 11.8 Å². The molecule has 1 aromatic rings. The summed E-state index contributed by atoms with van der Waals surface area (Å²) in [5, 5.41) is 12.5. The molecular formula is C23H30N2O3. The average Bonchev–Trinajstić information content (AvgIpc) is 2.70. The van der Waals surface area contributed by atoms with Crippen LogP contribution in [0.15, 0.2) is 24.3 Å². The summed E-state index contributed by atoms with van der Waals surface area (Å²) in [4.78, 5) is 26.2. The minimum Gasteiger partial charge on any atom is -0.481 e. The molecule has 4 aliphatic carbocycles. The first-order chi connectivity index (χ1) is 13.6. The molecular weight excluding hydrogens is 352 g/mol. The Morgan fingerprint density at radius 1 is 0.893 bits per heavy atom. The lowest BCUT2D eigenvalue weighted by Gasteiger charge is -2.54. The van der Waals surface area contributed by atoms with Crippen molar-refractivity contribution in [2.24, 2.45) is 29.6 Å². The number of hydrogen-bond donors (Lipinski definition) is 2. The van der Waals surface area contributed by atoms with Gasteiger partial charge in [0, 0.05) is 30.4 Å². The predicted molar refractivity (Wildman–Crippen MR) is 107 cm³/mol. The van der Waals surface area contributed by atoms with E-state index in [1.54, 1.807) is 0 Å². The molecule has 0 unspecified atom stereocenters. The van der Waals surface area contributed by atoms with Gasteiger partial charge in [0.15, 0.2) is 0 Å². The molecule has 1 heterocycles. The fourth-order valence-electron chi connectivity index (χ4n) is 6.60. The zero-order valence-corrected chi connectivity index (χ0v) is 16.3. The molecule has 5 aliphatic rings. The zero-order valence-electron chi connectivity index (χ0n) is 16.3. The molecule has 1 amide bonds. The molecule has 5 nitrogen and oxygen atoms in total. The van der Waals surface area contributed by atoms with Gasteiger partial charge < -0.3 is 15.3 Å². The predicted octanol–water partition coefficient (Wildman–Crippen LogP) is 3.54. The molecule has 0 aromatic heterocycles. The standard InChI is InChI=1S/C23H30N2O3/c26-22(24-21-18-10-14-9-15(12-18)13-19(21)11-14)16-1-3-20(4-2-16)25-7-5-17(6-8-25)23(27)28/h1-4,14-15,17-19,21H,5-13H2,(H,24,26)(H,27,28). The first-order valence-electron chi connectivity index (χ1n) is 11.0. The van der Waals surface area contributed by atoms with Crippen LogP contribution in [0.5, 0.6) is 0 Å². The van der Waals surface area contributed by atoms with Crippen LogP contribution in [0.1, 0.15) is 55.3 Å². The summed E-state index contributed by atoms with van der Waals surface area (Å²) in [6, 6.07) is 8.23. The highest BCUT2D eigenvalue weighted by molar-refractivity contribution is 5.94. The Kier molecular flexibility index (Phi) is 4.56. The van der Waals surface area contributed by atoms with Crippen molar-refractivity contribution < 1.29 is 14.7 Å². The van der Waals surface area contributed by atoms with Crippen molar-refractivity contribution in [1.82, 2.24) is 5.32 Å². The van der Waals surface area contributed by atoms with Gasteiger partial charge in [-0.2, -0.15) is 0 Å². The van der Waals surface area contributed by atoms with Gasteiger partial charge in [0.05, 0.1) is 5.92 Å². The number of anilines is 1. The van der Waals surface area contributed by atoms with E-state index in [0.29, 0.717) is 30.7 Å². The molecule has 1 aliphatic heterocycles. The number of benzene rings is 1. The van der Waals surface area contributed by atoms with Crippen LogP contribution in [-0.4, -0.2) is 36.1 Å². The molecule has 150 valence electrons. The lowest BCUT2D eigenvalue weighted by atomic mass is 9.54. The molecule has 5 heteroatoms. The van der Waals surface area contributed by atoms with Crippen molar-refractivity contribution in [3.63, 3.8) is 0 Å². The minimum atomic E-state index is -0.684. The van der Waals surface area contributed by atoms with E-state index < -0.39 is 5.97 Å². The third-order valence-corrected chi connectivity index (χ3v) is 7.86. The molecule has 0 spiro atoms. The van der Waals surface area contributed by atoms with Crippen molar-refractivity contribution in [3.05, 3.63) is 29.8 Å². The third kappa shape index (κ3) is 3.29. The number of hydrogen-bond acceptors (Lipinski definition) is 3. The number of carboxylic acid groups (broad SMARTS) is 1. The van der Waals surface area contributed by atoms with Gasteiger partial charge in [-0.25, -0.2) is 0 Å². The van der Waals surface area contributed by atoms with Crippen molar-refractivity contribution in [1.29, 1.82) is 0 Å². The second-order valence-corrected chi connectivity index (χ2v) is 9.58. The van der Waals surface area contributed by atoms with Crippen molar-refractivity contribution in [2.75, 3.05) is 18.0 Å². The quantitative estimate of drug-likeness (QED) is 0.836. The Bertz CT molecular complexity index is 724. The summed E-state index contributed by atoms with van der Waals surface area (Å²) in [5.74, 6) is 2.37. The lowest BCUT2D eigenvalue weighted by molar-refractivity contribution is -0.142. The highest BCUT2D eigenvalue weighted by Gasteiger charge is 2.48. The number of carbonyl (C=O) groups excluding carboxylic acids is 1. The lowest BCUT2D eigenvalue weighted by Crippen LogP contribution is -2.55. The fraction of sp³-hybridized carbons (Fsp3) is 0.652. The van der Waals surface area contributed by atoms with Crippen LogP contribution in [0.4, 0.5) is 5.69 Å². The first-order valence-corrected chi connectivity index (χ1v) is 11.0. The third-order valence-electron chi connectivity index (χ3n) is 7.86. The van der Waals surface area contributed by atoms with E-state index in [9.17, 15) is 9.59 Å². The van der Waals surface area contributed by atoms with Crippen LogP contribution in [0.2, 0.25) is 0 Å². The first kappa shape index (κ1) is 18.0. The van der Waals surface area contributed by atoms with Crippen molar-refractivity contribution >= 4 is 17.6 Å². The molecule has 4 saturated carbocycles. The number of nitrogens with zero attached hydrogens (tertiary/aromatic N) is 1. The van der Waals surface area contributed by atoms with Crippen LogP contribution in [-0.2, 0) is 4.79 Å².